The van der Waals surface area contributed by atoms with Gasteiger partial charge in [-0.2, -0.15) is 5.10 Å². The predicted octanol–water partition coefficient (Wildman–Crippen LogP) is 6.02. The van der Waals surface area contributed by atoms with Crippen molar-refractivity contribution in [1.29, 1.82) is 0 Å². The number of ether oxygens (including phenoxy) is 1. The maximum atomic E-state index is 12.8. The number of carbonyl (C=O) groups is 3. The quantitative estimate of drug-likeness (QED) is 0.130. The van der Waals surface area contributed by atoms with E-state index in [9.17, 15) is 14.4 Å². The molecule has 0 spiro atoms. The van der Waals surface area contributed by atoms with E-state index >= 15 is 0 Å². The fourth-order valence-corrected chi connectivity index (χ4v) is 3.76. The van der Waals surface area contributed by atoms with Gasteiger partial charge in [0.1, 0.15) is 12.4 Å². The van der Waals surface area contributed by atoms with Gasteiger partial charge in [0.15, 0.2) is 0 Å². The maximum absolute atomic E-state index is 12.8. The molecule has 0 aliphatic carbocycles. The number of benzene rings is 4. The molecular formula is C29H22BrClN4O4. The highest BCUT2D eigenvalue weighted by molar-refractivity contribution is 9.10. The number of nitrogens with one attached hydrogen (secondary N) is 3. The van der Waals surface area contributed by atoms with Crippen molar-refractivity contribution in [2.45, 2.75) is 6.61 Å². The van der Waals surface area contributed by atoms with Gasteiger partial charge in [-0.1, -0.05) is 63.9 Å². The van der Waals surface area contributed by atoms with E-state index in [-0.39, 0.29) is 11.3 Å². The molecule has 0 radical (unpaired) electrons. The number of hydrazone groups is 1. The largest absolute Gasteiger partial charge is 0.488 e. The van der Waals surface area contributed by atoms with Crippen LogP contribution < -0.4 is 20.8 Å². The van der Waals surface area contributed by atoms with E-state index in [1.54, 1.807) is 54.6 Å². The molecule has 0 saturated carbocycles. The third-order valence-electron chi connectivity index (χ3n) is 5.32. The zero-order valence-electron chi connectivity index (χ0n) is 20.4. The molecule has 4 aromatic carbocycles. The molecule has 4 rings (SSSR count). The van der Waals surface area contributed by atoms with Gasteiger partial charge >= 0.3 is 11.8 Å². The fraction of sp³-hybridized carbons (Fsp3) is 0.0345. The Balaban J connectivity index is 1.35. The Morgan fingerprint density at radius 1 is 0.821 bits per heavy atom. The number of nitrogens with zero attached hydrogens (tertiary/aromatic N) is 1. The Morgan fingerprint density at radius 3 is 2.28 bits per heavy atom. The SMILES string of the molecule is O=C(N/N=C\c1ccccc1OCc1ccc(Br)cc1)C(=O)Nc1ccccc1C(=O)Nc1ccc(Cl)cc1. The number of carbonyl (C=O) groups excluding carboxylic acids is 3. The highest BCUT2D eigenvalue weighted by Crippen LogP contribution is 2.20. The summed E-state index contributed by atoms with van der Waals surface area (Å²) in [7, 11) is 0. The molecule has 0 unspecified atom stereocenters. The Bertz CT molecular complexity index is 1510. The van der Waals surface area contributed by atoms with Gasteiger partial charge in [-0.05, 0) is 66.2 Å². The summed E-state index contributed by atoms with van der Waals surface area (Å²) < 4.78 is 6.86. The second kappa shape index (κ2) is 13.4. The van der Waals surface area contributed by atoms with Crippen LogP contribution in [0.2, 0.25) is 5.02 Å². The van der Waals surface area contributed by atoms with Crippen molar-refractivity contribution in [2.75, 3.05) is 10.6 Å². The summed E-state index contributed by atoms with van der Waals surface area (Å²) in [6, 6.07) is 27.8. The minimum absolute atomic E-state index is 0.166. The second-order valence-electron chi connectivity index (χ2n) is 8.11. The van der Waals surface area contributed by atoms with Gasteiger partial charge in [-0.15, -0.1) is 0 Å². The molecule has 196 valence electrons. The number of amides is 3. The zero-order valence-corrected chi connectivity index (χ0v) is 22.7. The molecule has 0 aromatic heterocycles. The average Bonchev–Trinajstić information content (AvgIpc) is 2.94. The molecule has 0 atom stereocenters. The third-order valence-corrected chi connectivity index (χ3v) is 6.11. The number of para-hydroxylation sites is 2. The molecule has 39 heavy (non-hydrogen) atoms. The molecule has 4 aromatic rings. The third kappa shape index (κ3) is 8.00. The van der Waals surface area contributed by atoms with Crippen LogP contribution in [-0.2, 0) is 16.2 Å². The van der Waals surface area contributed by atoms with Crippen molar-refractivity contribution >= 4 is 62.8 Å². The van der Waals surface area contributed by atoms with Crippen molar-refractivity contribution < 1.29 is 19.1 Å². The molecule has 0 fully saturated rings. The standard InChI is InChI=1S/C29H22BrClN4O4/c30-21-11-9-19(10-12-21)18-39-26-8-4-1-5-20(26)17-32-35-29(38)28(37)34-25-7-3-2-6-24(25)27(36)33-23-15-13-22(31)14-16-23/h1-17H,18H2,(H,33,36)(H,34,37)(H,35,38)/b32-17-. The molecular weight excluding hydrogens is 584 g/mol. The Morgan fingerprint density at radius 2 is 1.51 bits per heavy atom. The number of halogens is 2. The molecule has 0 saturated heterocycles. The highest BCUT2D eigenvalue weighted by Gasteiger charge is 2.18. The van der Waals surface area contributed by atoms with E-state index in [0.717, 1.165) is 10.0 Å². The average molecular weight is 606 g/mol. The first kappa shape index (κ1) is 27.6. The summed E-state index contributed by atoms with van der Waals surface area (Å²) in [6.07, 6.45) is 1.38. The minimum Gasteiger partial charge on any atom is -0.488 e. The summed E-state index contributed by atoms with van der Waals surface area (Å²) in [4.78, 5) is 37.6. The Labute approximate surface area is 238 Å². The van der Waals surface area contributed by atoms with Crippen LogP contribution in [0.15, 0.2) is 107 Å². The zero-order chi connectivity index (χ0) is 27.6. The highest BCUT2D eigenvalue weighted by atomic mass is 79.9. The van der Waals surface area contributed by atoms with Crippen LogP contribution in [0, 0.1) is 0 Å². The molecule has 8 nitrogen and oxygen atoms in total. The number of rotatable bonds is 8. The van der Waals surface area contributed by atoms with E-state index in [4.69, 9.17) is 16.3 Å². The van der Waals surface area contributed by atoms with Gasteiger partial charge in [0.2, 0.25) is 0 Å². The molecule has 0 bridgehead atoms. The van der Waals surface area contributed by atoms with E-state index in [1.165, 1.54) is 18.3 Å². The van der Waals surface area contributed by atoms with Gasteiger partial charge in [0.25, 0.3) is 5.91 Å². The normalized spacial score (nSPS) is 10.6. The van der Waals surface area contributed by atoms with Crippen LogP contribution in [0.1, 0.15) is 21.5 Å². The Kier molecular flexibility index (Phi) is 9.44. The fourth-order valence-electron chi connectivity index (χ4n) is 3.37. The molecule has 3 N–H and O–H groups in total. The lowest BCUT2D eigenvalue weighted by Crippen LogP contribution is -2.33. The lowest BCUT2D eigenvalue weighted by molar-refractivity contribution is -0.136. The predicted molar refractivity (Wildman–Crippen MR) is 155 cm³/mol. The lowest BCUT2D eigenvalue weighted by atomic mass is 10.1. The summed E-state index contributed by atoms with van der Waals surface area (Å²) in [5, 5.41) is 9.60. The first-order valence-corrected chi connectivity index (χ1v) is 12.8. The molecule has 0 aliphatic heterocycles. The first-order valence-electron chi connectivity index (χ1n) is 11.7. The van der Waals surface area contributed by atoms with E-state index in [1.807, 2.05) is 30.3 Å². The smallest absolute Gasteiger partial charge is 0.329 e. The van der Waals surface area contributed by atoms with Gasteiger partial charge in [0.05, 0.1) is 17.5 Å². The molecule has 3 amide bonds. The van der Waals surface area contributed by atoms with Crippen LogP contribution in [0.4, 0.5) is 11.4 Å². The van der Waals surface area contributed by atoms with Crippen molar-refractivity contribution in [3.63, 3.8) is 0 Å². The summed E-state index contributed by atoms with van der Waals surface area (Å²) in [5.41, 5.74) is 4.66. The van der Waals surface area contributed by atoms with Crippen molar-refractivity contribution in [3.05, 3.63) is 123 Å². The van der Waals surface area contributed by atoms with Crippen molar-refractivity contribution in [1.82, 2.24) is 5.43 Å². The maximum Gasteiger partial charge on any atom is 0.329 e. The van der Waals surface area contributed by atoms with Crippen LogP contribution in [-0.4, -0.2) is 23.9 Å². The van der Waals surface area contributed by atoms with Crippen LogP contribution in [0.5, 0.6) is 5.75 Å². The van der Waals surface area contributed by atoms with Crippen LogP contribution in [0.25, 0.3) is 0 Å². The number of hydrogen-bond acceptors (Lipinski definition) is 5. The van der Waals surface area contributed by atoms with Crippen LogP contribution >= 0.6 is 27.5 Å². The van der Waals surface area contributed by atoms with Gasteiger partial charge < -0.3 is 15.4 Å². The second-order valence-corrected chi connectivity index (χ2v) is 9.46. The minimum atomic E-state index is -1.01. The monoisotopic (exact) mass is 604 g/mol. The molecule has 10 heteroatoms. The Hall–Kier alpha value is -4.47. The van der Waals surface area contributed by atoms with Crippen molar-refractivity contribution in [2.24, 2.45) is 5.10 Å². The topological polar surface area (TPSA) is 109 Å². The van der Waals surface area contributed by atoms with Gasteiger partial charge in [0, 0.05) is 20.7 Å². The molecule has 0 heterocycles. The molecule has 0 aliphatic rings. The van der Waals surface area contributed by atoms with E-state index in [2.05, 4.69) is 37.1 Å². The number of hydrogen-bond donors (Lipinski definition) is 3. The van der Waals surface area contributed by atoms with Gasteiger partial charge in [-0.3, -0.25) is 14.4 Å². The lowest BCUT2D eigenvalue weighted by Gasteiger charge is -2.11. The van der Waals surface area contributed by atoms with Gasteiger partial charge in [-0.25, -0.2) is 5.43 Å². The first-order chi connectivity index (χ1) is 18.9. The number of anilines is 2. The summed E-state index contributed by atoms with van der Waals surface area (Å²) >= 11 is 9.28. The van der Waals surface area contributed by atoms with E-state index < -0.39 is 17.7 Å². The summed E-state index contributed by atoms with van der Waals surface area (Å²) in [6.45, 7) is 0.345. The van der Waals surface area contributed by atoms with Crippen LogP contribution in [0.3, 0.4) is 0 Å². The van der Waals surface area contributed by atoms with Crippen molar-refractivity contribution in [3.8, 4) is 5.75 Å². The van der Waals surface area contributed by atoms with E-state index in [0.29, 0.717) is 28.6 Å². The summed E-state index contributed by atoms with van der Waals surface area (Å²) in [5.74, 6) is -1.90.